The lowest BCUT2D eigenvalue weighted by atomic mass is 9.91. The van der Waals surface area contributed by atoms with Gasteiger partial charge in [0.2, 0.25) is 5.96 Å². The maximum absolute atomic E-state index is 14.1. The number of hydrogen-bond donors (Lipinski definition) is 4. The summed E-state index contributed by atoms with van der Waals surface area (Å²) in [5.41, 5.74) is 14.4. The Morgan fingerprint density at radius 1 is 1.27 bits per heavy atom. The van der Waals surface area contributed by atoms with Gasteiger partial charge in [0.15, 0.2) is 6.19 Å². The Morgan fingerprint density at radius 3 is 2.73 bits per heavy atom. The number of aliphatic imine (C=N–C) groups is 1. The van der Waals surface area contributed by atoms with Crippen LogP contribution in [0.5, 0.6) is 0 Å². The summed E-state index contributed by atoms with van der Waals surface area (Å²) in [7, 11) is 0. The van der Waals surface area contributed by atoms with Gasteiger partial charge in [0, 0.05) is 12.1 Å². The Bertz CT molecular complexity index is 1110. The average Bonchev–Trinajstić information content (AvgIpc) is 3.21. The molecule has 1 atom stereocenters. The molecular formula is C20H20FN9. The molecule has 1 aromatic heterocycles. The molecule has 1 saturated heterocycles. The molecule has 3 heterocycles. The molecule has 0 saturated carbocycles. The van der Waals surface area contributed by atoms with Crippen molar-refractivity contribution in [3.63, 3.8) is 0 Å². The molecule has 30 heavy (non-hydrogen) atoms. The monoisotopic (exact) mass is 405 g/mol. The number of halogens is 1. The Kier molecular flexibility index (Phi) is 5.09. The number of guanidine groups is 1. The van der Waals surface area contributed by atoms with E-state index in [-0.39, 0.29) is 28.8 Å². The molecule has 1 fully saturated rings. The minimum atomic E-state index is -0.685. The van der Waals surface area contributed by atoms with E-state index in [0.717, 1.165) is 37.1 Å². The van der Waals surface area contributed by atoms with E-state index in [2.05, 4.69) is 25.5 Å². The van der Waals surface area contributed by atoms with Gasteiger partial charge in [-0.2, -0.15) is 10.5 Å². The summed E-state index contributed by atoms with van der Waals surface area (Å²) in [6, 6.07) is 5.82. The summed E-state index contributed by atoms with van der Waals surface area (Å²) in [5, 5.41) is 23.9. The van der Waals surface area contributed by atoms with Gasteiger partial charge in [-0.15, -0.1) is 0 Å². The number of nitrogens with zero attached hydrogens (tertiary/aromatic N) is 5. The van der Waals surface area contributed by atoms with Crippen LogP contribution in [0.15, 0.2) is 23.2 Å². The number of pyridine rings is 1. The number of aromatic nitrogens is 1. The highest BCUT2D eigenvalue weighted by atomic mass is 19.1. The van der Waals surface area contributed by atoms with E-state index in [9.17, 15) is 9.65 Å². The molecule has 2 aliphatic heterocycles. The van der Waals surface area contributed by atoms with Gasteiger partial charge in [0.05, 0.1) is 5.69 Å². The van der Waals surface area contributed by atoms with E-state index in [0.29, 0.717) is 17.9 Å². The fourth-order valence-corrected chi connectivity index (χ4v) is 3.97. The highest BCUT2D eigenvalue weighted by Gasteiger charge is 2.31. The molecule has 0 aliphatic carbocycles. The third-order valence-electron chi connectivity index (χ3n) is 5.35. The van der Waals surface area contributed by atoms with Crippen molar-refractivity contribution in [3.8, 4) is 12.3 Å². The van der Waals surface area contributed by atoms with E-state index < -0.39 is 6.04 Å². The number of hydrogen-bond acceptors (Lipinski definition) is 9. The number of anilines is 3. The molecule has 1 aromatic carbocycles. The third-order valence-corrected chi connectivity index (χ3v) is 5.35. The maximum atomic E-state index is 14.1. The van der Waals surface area contributed by atoms with Crippen molar-refractivity contribution in [3.05, 3.63) is 46.3 Å². The SMILES string of the molecule is N#CNC1=NC(c2ccc(F)cc2CN2CCCC2)c2c(nc(N)c(C#N)c2N)N1. The summed E-state index contributed by atoms with van der Waals surface area (Å²) in [4.78, 5) is 11.1. The van der Waals surface area contributed by atoms with Gasteiger partial charge in [-0.25, -0.2) is 14.4 Å². The predicted molar refractivity (Wildman–Crippen MR) is 110 cm³/mol. The maximum Gasteiger partial charge on any atom is 0.211 e. The van der Waals surface area contributed by atoms with Gasteiger partial charge in [0.1, 0.15) is 35.1 Å². The lowest BCUT2D eigenvalue weighted by Gasteiger charge is -2.28. The molecule has 4 rings (SSSR count). The summed E-state index contributed by atoms with van der Waals surface area (Å²) in [6.45, 7) is 2.46. The molecular weight excluding hydrogens is 385 g/mol. The number of benzene rings is 1. The summed E-state index contributed by atoms with van der Waals surface area (Å²) in [6.07, 6.45) is 4.04. The number of nitrogen functional groups attached to an aromatic ring is 2. The lowest BCUT2D eigenvalue weighted by Crippen LogP contribution is -2.33. The van der Waals surface area contributed by atoms with Crippen LogP contribution in [0.4, 0.5) is 21.7 Å². The van der Waals surface area contributed by atoms with Crippen molar-refractivity contribution in [2.75, 3.05) is 29.9 Å². The number of nitrogens with two attached hydrogens (primary N) is 2. The van der Waals surface area contributed by atoms with Gasteiger partial charge in [-0.3, -0.25) is 10.2 Å². The average molecular weight is 405 g/mol. The van der Waals surface area contributed by atoms with Crippen LogP contribution < -0.4 is 22.1 Å². The molecule has 10 heteroatoms. The van der Waals surface area contributed by atoms with Crippen molar-refractivity contribution < 1.29 is 4.39 Å². The number of fused-ring (bicyclic) bond motifs is 1. The second-order valence-electron chi connectivity index (χ2n) is 7.23. The van der Waals surface area contributed by atoms with Crippen LogP contribution >= 0.6 is 0 Å². The van der Waals surface area contributed by atoms with Gasteiger partial charge in [-0.1, -0.05) is 6.07 Å². The molecule has 0 spiro atoms. The van der Waals surface area contributed by atoms with Crippen LogP contribution in [0.2, 0.25) is 0 Å². The first kappa shape index (κ1) is 19.4. The molecule has 1 unspecified atom stereocenters. The van der Waals surface area contributed by atoms with E-state index >= 15 is 0 Å². The fourth-order valence-electron chi connectivity index (χ4n) is 3.97. The molecule has 9 nitrogen and oxygen atoms in total. The fraction of sp³-hybridized carbons (Fsp3) is 0.300. The Labute approximate surface area is 172 Å². The zero-order valence-electron chi connectivity index (χ0n) is 16.1. The number of nitrogens with one attached hydrogen (secondary N) is 2. The zero-order chi connectivity index (χ0) is 21.3. The molecule has 152 valence electrons. The Balaban J connectivity index is 1.88. The number of rotatable bonds is 3. The van der Waals surface area contributed by atoms with Crippen molar-refractivity contribution in [2.24, 2.45) is 4.99 Å². The van der Waals surface area contributed by atoms with Crippen LogP contribution in [-0.4, -0.2) is 28.9 Å². The largest absolute Gasteiger partial charge is 0.397 e. The first-order chi connectivity index (χ1) is 14.5. The molecule has 2 aliphatic rings. The second kappa shape index (κ2) is 7.85. The minimum Gasteiger partial charge on any atom is -0.397 e. The van der Waals surface area contributed by atoms with E-state index in [4.69, 9.17) is 16.7 Å². The number of nitriles is 2. The normalized spacial score (nSPS) is 18.0. The minimum absolute atomic E-state index is 0.0189. The Hall–Kier alpha value is -3.89. The van der Waals surface area contributed by atoms with E-state index in [1.807, 2.05) is 12.3 Å². The first-order valence-electron chi connectivity index (χ1n) is 9.51. The van der Waals surface area contributed by atoms with Crippen molar-refractivity contribution in [1.82, 2.24) is 15.2 Å². The van der Waals surface area contributed by atoms with Crippen LogP contribution in [0.3, 0.4) is 0 Å². The highest BCUT2D eigenvalue weighted by Crippen LogP contribution is 2.41. The predicted octanol–water partition coefficient (Wildman–Crippen LogP) is 1.79. The van der Waals surface area contributed by atoms with E-state index in [1.54, 1.807) is 6.07 Å². The van der Waals surface area contributed by atoms with Gasteiger partial charge < -0.3 is 16.8 Å². The van der Waals surface area contributed by atoms with Crippen molar-refractivity contribution >= 4 is 23.3 Å². The third kappa shape index (κ3) is 3.45. The lowest BCUT2D eigenvalue weighted by molar-refractivity contribution is 0.329. The highest BCUT2D eigenvalue weighted by molar-refractivity contribution is 5.98. The Morgan fingerprint density at radius 2 is 2.03 bits per heavy atom. The van der Waals surface area contributed by atoms with Gasteiger partial charge in [0.25, 0.3) is 0 Å². The van der Waals surface area contributed by atoms with Crippen LogP contribution in [0.25, 0.3) is 0 Å². The van der Waals surface area contributed by atoms with Crippen LogP contribution in [0, 0.1) is 28.6 Å². The molecule has 0 radical (unpaired) electrons. The van der Waals surface area contributed by atoms with Crippen molar-refractivity contribution in [2.45, 2.75) is 25.4 Å². The van der Waals surface area contributed by atoms with Gasteiger partial charge in [-0.05, 0) is 49.2 Å². The van der Waals surface area contributed by atoms with Crippen LogP contribution in [0.1, 0.15) is 41.1 Å². The molecule has 2 aromatic rings. The van der Waals surface area contributed by atoms with E-state index in [1.165, 1.54) is 12.1 Å². The van der Waals surface area contributed by atoms with Crippen molar-refractivity contribution in [1.29, 1.82) is 10.5 Å². The standard InChI is InChI=1S/C20H20FN9/c21-12-3-4-13(11(7-12)9-30-5-1-2-6-30)17-15-16(24)14(8-22)18(25)28-19(15)29-20(27-17)26-10-23/h3-4,7,17H,1-2,5-6,9H2,(H6,24,25,26,27,28,29). The molecule has 6 N–H and O–H groups in total. The quantitative estimate of drug-likeness (QED) is 0.445. The smallest absolute Gasteiger partial charge is 0.211 e. The zero-order valence-corrected chi connectivity index (χ0v) is 16.1. The second-order valence-corrected chi connectivity index (χ2v) is 7.23. The number of likely N-dealkylation sites (tertiary alicyclic amines) is 1. The summed E-state index contributed by atoms with van der Waals surface area (Å²) < 4.78 is 14.1. The van der Waals surface area contributed by atoms with Gasteiger partial charge >= 0.3 is 0 Å². The van der Waals surface area contributed by atoms with Crippen LogP contribution in [-0.2, 0) is 6.54 Å². The molecule has 0 bridgehead atoms. The summed E-state index contributed by atoms with van der Waals surface area (Å²) >= 11 is 0. The first-order valence-corrected chi connectivity index (χ1v) is 9.51. The topological polar surface area (TPSA) is 152 Å². The molecule has 0 amide bonds. The summed E-state index contributed by atoms with van der Waals surface area (Å²) in [5.74, 6) is 0.109.